The van der Waals surface area contributed by atoms with Crippen LogP contribution in [0.2, 0.25) is 0 Å². The van der Waals surface area contributed by atoms with Crippen LogP contribution in [-0.4, -0.2) is 41.6 Å². The summed E-state index contributed by atoms with van der Waals surface area (Å²) < 4.78 is 9.72. The number of nitrogens with zero attached hydrogens (tertiary/aromatic N) is 1. The van der Waals surface area contributed by atoms with Crippen LogP contribution in [0.3, 0.4) is 0 Å². The van der Waals surface area contributed by atoms with Gasteiger partial charge in [0.2, 0.25) is 0 Å². The van der Waals surface area contributed by atoms with E-state index in [0.717, 1.165) is 6.20 Å². The molecule has 0 spiro atoms. The lowest BCUT2D eigenvalue weighted by Crippen LogP contribution is -2.29. The van der Waals surface area contributed by atoms with Gasteiger partial charge in [-0.25, -0.2) is 14.6 Å². The molecule has 0 aliphatic carbocycles. The summed E-state index contributed by atoms with van der Waals surface area (Å²) in [6.07, 6.45) is 1.07. The van der Waals surface area contributed by atoms with Crippen molar-refractivity contribution in [1.82, 2.24) is 10.3 Å². The van der Waals surface area contributed by atoms with Crippen LogP contribution in [0.25, 0.3) is 0 Å². The van der Waals surface area contributed by atoms with Gasteiger partial charge in [-0.3, -0.25) is 5.32 Å². The monoisotopic (exact) mass is 309 g/mol. The average Bonchev–Trinajstić information content (AvgIpc) is 2.49. The summed E-state index contributed by atoms with van der Waals surface area (Å²) in [6, 6.07) is 4.40. The Morgan fingerprint density at radius 2 is 2.14 bits per heavy atom. The van der Waals surface area contributed by atoms with Crippen LogP contribution in [0.4, 0.5) is 10.6 Å². The van der Waals surface area contributed by atoms with Crippen LogP contribution in [-0.2, 0) is 14.3 Å². The van der Waals surface area contributed by atoms with Crippen molar-refractivity contribution in [3.05, 3.63) is 36.2 Å². The number of aliphatic hydroxyl groups excluding tert-OH is 1. The number of hydrogen-bond acceptors (Lipinski definition) is 6. The molecule has 0 aliphatic heterocycles. The quantitative estimate of drug-likeness (QED) is 0.394. The topological polar surface area (TPSA) is 110 Å². The molecule has 0 fully saturated rings. The number of pyridine rings is 1. The molecule has 0 aliphatic rings. The van der Waals surface area contributed by atoms with E-state index in [2.05, 4.69) is 15.6 Å². The number of amides is 2. The highest BCUT2D eigenvalue weighted by Gasteiger charge is 2.20. The van der Waals surface area contributed by atoms with Crippen LogP contribution >= 0.6 is 0 Å². The highest BCUT2D eigenvalue weighted by atomic mass is 16.6. The molecule has 22 heavy (non-hydrogen) atoms. The maximum atomic E-state index is 11.7. The number of aromatic nitrogens is 1. The summed E-state index contributed by atoms with van der Waals surface area (Å²) in [7, 11) is 0. The van der Waals surface area contributed by atoms with Crippen molar-refractivity contribution in [2.75, 3.05) is 18.5 Å². The Labute approximate surface area is 128 Å². The number of urea groups is 1. The van der Waals surface area contributed by atoms with Crippen LogP contribution < -0.4 is 10.6 Å². The van der Waals surface area contributed by atoms with E-state index in [0.29, 0.717) is 5.82 Å². The van der Waals surface area contributed by atoms with E-state index in [9.17, 15) is 14.7 Å². The Bertz CT molecular complexity index is 518. The molecule has 0 radical (unpaired) electrons. The minimum absolute atomic E-state index is 0.134. The predicted octanol–water partition coefficient (Wildman–Crippen LogP) is 1.01. The maximum absolute atomic E-state index is 11.7. The summed E-state index contributed by atoms with van der Waals surface area (Å²) >= 11 is 0. The summed E-state index contributed by atoms with van der Waals surface area (Å²) in [5.41, 5.74) is -0.208. The lowest BCUT2D eigenvalue weighted by Gasteiger charge is -2.14. The second kappa shape index (κ2) is 9.48. The summed E-state index contributed by atoms with van der Waals surface area (Å²) in [4.78, 5) is 27.3. The molecular formula is C14H19N3O5. The van der Waals surface area contributed by atoms with Gasteiger partial charge in [-0.15, -0.1) is 0 Å². The highest BCUT2D eigenvalue weighted by Crippen LogP contribution is 2.06. The summed E-state index contributed by atoms with van der Waals surface area (Å²) in [6.45, 7) is 3.62. The zero-order chi connectivity index (χ0) is 16.4. The van der Waals surface area contributed by atoms with Crippen molar-refractivity contribution >= 4 is 17.8 Å². The third-order valence-electron chi connectivity index (χ3n) is 2.37. The zero-order valence-electron chi connectivity index (χ0n) is 12.4. The maximum Gasteiger partial charge on any atom is 0.340 e. The van der Waals surface area contributed by atoms with Crippen LogP contribution in [0.5, 0.6) is 0 Å². The second-order valence-electron chi connectivity index (χ2n) is 3.94. The first-order valence-corrected chi connectivity index (χ1v) is 6.73. The Hall–Kier alpha value is -2.45. The van der Waals surface area contributed by atoms with E-state index >= 15 is 0 Å². The molecule has 8 heteroatoms. The molecule has 0 aromatic carbocycles. The minimum atomic E-state index is -1.49. The van der Waals surface area contributed by atoms with E-state index in [1.165, 1.54) is 6.20 Å². The summed E-state index contributed by atoms with van der Waals surface area (Å²) in [5, 5.41) is 14.5. The van der Waals surface area contributed by atoms with Crippen molar-refractivity contribution in [3.63, 3.8) is 0 Å². The Kier molecular flexibility index (Phi) is 7.58. The third-order valence-corrected chi connectivity index (χ3v) is 2.37. The molecule has 1 heterocycles. The van der Waals surface area contributed by atoms with E-state index in [-0.39, 0.29) is 18.8 Å². The van der Waals surface area contributed by atoms with Gasteiger partial charge in [-0.2, -0.15) is 0 Å². The minimum Gasteiger partial charge on any atom is -0.462 e. The molecule has 1 atom stereocenters. The van der Waals surface area contributed by atoms with E-state index in [4.69, 9.17) is 9.47 Å². The first kappa shape index (κ1) is 17.6. The summed E-state index contributed by atoms with van der Waals surface area (Å²) in [5.74, 6) is -0.432. The molecule has 0 bridgehead atoms. The number of carbonyl (C=O) groups excluding carboxylic acids is 2. The SMILES string of the molecule is CCOC(=O)/C(=C\NC(=O)Nc1ccccn1)C(O)OCC. The Balaban J connectivity index is 2.70. The van der Waals surface area contributed by atoms with Crippen LogP contribution in [0.15, 0.2) is 36.2 Å². The third kappa shape index (κ3) is 5.90. The van der Waals surface area contributed by atoms with Gasteiger partial charge in [0.05, 0.1) is 6.61 Å². The number of rotatable bonds is 7. The lowest BCUT2D eigenvalue weighted by molar-refractivity contribution is -0.144. The first-order valence-electron chi connectivity index (χ1n) is 6.73. The number of carbonyl (C=O) groups is 2. The largest absolute Gasteiger partial charge is 0.462 e. The fourth-order valence-corrected chi connectivity index (χ4v) is 1.43. The highest BCUT2D eigenvalue weighted by molar-refractivity contribution is 5.92. The van der Waals surface area contributed by atoms with E-state index < -0.39 is 18.3 Å². The molecule has 0 saturated carbocycles. The lowest BCUT2D eigenvalue weighted by atomic mass is 10.3. The van der Waals surface area contributed by atoms with Crippen molar-refractivity contribution in [3.8, 4) is 0 Å². The number of esters is 1. The zero-order valence-corrected chi connectivity index (χ0v) is 12.4. The van der Waals surface area contributed by atoms with Gasteiger partial charge in [0.1, 0.15) is 11.4 Å². The fourth-order valence-electron chi connectivity index (χ4n) is 1.43. The molecule has 1 aromatic heterocycles. The molecule has 1 aromatic rings. The molecule has 8 nitrogen and oxygen atoms in total. The smallest absolute Gasteiger partial charge is 0.340 e. The van der Waals surface area contributed by atoms with Crippen molar-refractivity contribution in [1.29, 1.82) is 0 Å². The van der Waals surface area contributed by atoms with Crippen LogP contribution in [0.1, 0.15) is 13.8 Å². The predicted molar refractivity (Wildman–Crippen MR) is 78.7 cm³/mol. The van der Waals surface area contributed by atoms with Crippen molar-refractivity contribution in [2.24, 2.45) is 0 Å². The van der Waals surface area contributed by atoms with Gasteiger partial charge in [0.15, 0.2) is 6.29 Å². The Morgan fingerprint density at radius 3 is 2.73 bits per heavy atom. The van der Waals surface area contributed by atoms with Crippen LogP contribution in [0, 0.1) is 0 Å². The first-order chi connectivity index (χ1) is 10.6. The molecule has 120 valence electrons. The van der Waals surface area contributed by atoms with Gasteiger partial charge in [0.25, 0.3) is 0 Å². The number of hydrogen-bond donors (Lipinski definition) is 3. The van der Waals surface area contributed by atoms with Gasteiger partial charge in [-0.1, -0.05) is 6.07 Å². The van der Waals surface area contributed by atoms with E-state index in [1.54, 1.807) is 32.0 Å². The average molecular weight is 309 g/mol. The Morgan fingerprint density at radius 1 is 1.36 bits per heavy atom. The van der Waals surface area contributed by atoms with Gasteiger partial charge in [0, 0.05) is 19.0 Å². The number of anilines is 1. The van der Waals surface area contributed by atoms with Gasteiger partial charge < -0.3 is 19.9 Å². The molecule has 2 amide bonds. The standard InChI is InChI=1S/C14H19N3O5/c1-3-21-12(18)10(13(19)22-4-2)9-16-14(20)17-11-7-5-6-8-15-11/h5-9,12,18H,3-4H2,1-2H3,(H2,15,16,17,20)/b10-9-. The molecule has 0 saturated heterocycles. The van der Waals surface area contributed by atoms with Crippen molar-refractivity contribution in [2.45, 2.75) is 20.1 Å². The molecule has 1 rings (SSSR count). The van der Waals surface area contributed by atoms with E-state index in [1.807, 2.05) is 0 Å². The molecule has 1 unspecified atom stereocenters. The fraction of sp³-hybridized carbons (Fsp3) is 0.357. The number of nitrogens with one attached hydrogen (secondary N) is 2. The van der Waals surface area contributed by atoms with Crippen molar-refractivity contribution < 1.29 is 24.2 Å². The number of ether oxygens (including phenoxy) is 2. The van der Waals surface area contributed by atoms with Gasteiger partial charge in [-0.05, 0) is 26.0 Å². The molecule has 3 N–H and O–H groups in total. The normalized spacial score (nSPS) is 12.4. The van der Waals surface area contributed by atoms with Gasteiger partial charge >= 0.3 is 12.0 Å². The second-order valence-corrected chi connectivity index (χ2v) is 3.94. The molecular weight excluding hydrogens is 290 g/mol. The number of aliphatic hydroxyl groups is 1.